The number of esters is 1. The van der Waals surface area contributed by atoms with E-state index in [1.807, 2.05) is 20.8 Å². The fourth-order valence-electron chi connectivity index (χ4n) is 3.10. The summed E-state index contributed by atoms with van der Waals surface area (Å²) in [6.07, 6.45) is 6.00. The molecular weight excluding hydrogens is 322 g/mol. The SMILES string of the molecule is CC(C)(C)OC(=O)CCC1CCCN(c2ccc([N+](=O)[O-])nc2)CC1. The van der Waals surface area contributed by atoms with Gasteiger partial charge in [-0.3, -0.25) is 4.79 Å². The highest BCUT2D eigenvalue weighted by Gasteiger charge is 2.21. The summed E-state index contributed by atoms with van der Waals surface area (Å²) in [5.74, 6) is 0.241. The third-order valence-corrected chi connectivity index (χ3v) is 4.31. The van der Waals surface area contributed by atoms with Crippen molar-refractivity contribution in [2.24, 2.45) is 5.92 Å². The minimum Gasteiger partial charge on any atom is -0.460 e. The first-order chi connectivity index (χ1) is 11.7. The highest BCUT2D eigenvalue weighted by Crippen LogP contribution is 2.26. The first kappa shape index (κ1) is 19.1. The fourth-order valence-corrected chi connectivity index (χ4v) is 3.10. The average molecular weight is 349 g/mol. The predicted molar refractivity (Wildman–Crippen MR) is 95.5 cm³/mol. The van der Waals surface area contributed by atoms with Gasteiger partial charge in [-0.2, -0.15) is 0 Å². The normalized spacial score (nSPS) is 18.5. The Labute approximate surface area is 148 Å². The van der Waals surface area contributed by atoms with Crippen molar-refractivity contribution in [1.82, 2.24) is 4.98 Å². The third kappa shape index (κ3) is 6.32. The molecule has 0 bridgehead atoms. The van der Waals surface area contributed by atoms with Crippen LogP contribution in [-0.4, -0.2) is 34.6 Å². The first-order valence-corrected chi connectivity index (χ1v) is 8.82. The Balaban J connectivity index is 1.83. The Bertz CT molecular complexity index is 595. The summed E-state index contributed by atoms with van der Waals surface area (Å²) in [7, 11) is 0. The fraction of sp³-hybridized carbons (Fsp3) is 0.667. The van der Waals surface area contributed by atoms with Gasteiger partial charge in [0.2, 0.25) is 0 Å². The maximum atomic E-state index is 11.9. The summed E-state index contributed by atoms with van der Waals surface area (Å²) in [6, 6.07) is 3.20. The van der Waals surface area contributed by atoms with Crippen LogP contribution in [0.25, 0.3) is 0 Å². The van der Waals surface area contributed by atoms with E-state index in [9.17, 15) is 14.9 Å². The molecule has 2 rings (SSSR count). The van der Waals surface area contributed by atoms with Crippen LogP contribution in [0.15, 0.2) is 18.3 Å². The number of rotatable bonds is 5. The van der Waals surface area contributed by atoms with Gasteiger partial charge in [0.1, 0.15) is 5.60 Å². The molecule has 0 aromatic carbocycles. The number of hydrogen-bond donors (Lipinski definition) is 0. The van der Waals surface area contributed by atoms with E-state index in [-0.39, 0.29) is 11.8 Å². The lowest BCUT2D eigenvalue weighted by Gasteiger charge is -2.22. The van der Waals surface area contributed by atoms with Gasteiger partial charge in [0.15, 0.2) is 6.20 Å². The van der Waals surface area contributed by atoms with Crippen molar-refractivity contribution in [1.29, 1.82) is 0 Å². The van der Waals surface area contributed by atoms with Crippen LogP contribution < -0.4 is 4.90 Å². The van der Waals surface area contributed by atoms with E-state index in [1.54, 1.807) is 12.3 Å². The van der Waals surface area contributed by atoms with Crippen molar-refractivity contribution in [3.8, 4) is 0 Å². The van der Waals surface area contributed by atoms with Crippen LogP contribution in [0.5, 0.6) is 0 Å². The van der Waals surface area contributed by atoms with Crippen LogP contribution in [0, 0.1) is 16.0 Å². The summed E-state index contributed by atoms with van der Waals surface area (Å²) >= 11 is 0. The molecule has 2 heterocycles. The summed E-state index contributed by atoms with van der Waals surface area (Å²) < 4.78 is 5.37. The Kier molecular flexibility index (Phi) is 6.33. The smallest absolute Gasteiger partial charge is 0.363 e. The van der Waals surface area contributed by atoms with Crippen molar-refractivity contribution in [2.45, 2.75) is 58.5 Å². The molecule has 1 fully saturated rings. The molecule has 7 heteroatoms. The van der Waals surface area contributed by atoms with Crippen molar-refractivity contribution in [3.05, 3.63) is 28.4 Å². The number of carbonyl (C=O) groups is 1. The Morgan fingerprint density at radius 2 is 2.12 bits per heavy atom. The van der Waals surface area contributed by atoms with E-state index in [0.717, 1.165) is 44.5 Å². The van der Waals surface area contributed by atoms with Crippen molar-refractivity contribution < 1.29 is 14.5 Å². The van der Waals surface area contributed by atoms with Crippen LogP contribution in [0.2, 0.25) is 0 Å². The second-order valence-electron chi connectivity index (χ2n) is 7.54. The van der Waals surface area contributed by atoms with Crippen LogP contribution in [-0.2, 0) is 9.53 Å². The van der Waals surface area contributed by atoms with Gasteiger partial charge in [0.25, 0.3) is 0 Å². The zero-order valence-electron chi connectivity index (χ0n) is 15.2. The number of nitrogens with zero attached hydrogens (tertiary/aromatic N) is 3. The lowest BCUT2D eigenvalue weighted by atomic mass is 9.95. The van der Waals surface area contributed by atoms with Gasteiger partial charge in [-0.05, 0) is 68.3 Å². The Morgan fingerprint density at radius 1 is 1.36 bits per heavy atom. The van der Waals surface area contributed by atoms with E-state index in [0.29, 0.717) is 12.3 Å². The molecule has 0 spiro atoms. The zero-order chi connectivity index (χ0) is 18.4. The van der Waals surface area contributed by atoms with Gasteiger partial charge < -0.3 is 19.8 Å². The number of hydrogen-bond acceptors (Lipinski definition) is 6. The Hall–Kier alpha value is -2.18. The van der Waals surface area contributed by atoms with Gasteiger partial charge in [-0.25, -0.2) is 0 Å². The van der Waals surface area contributed by atoms with Crippen LogP contribution in [0.3, 0.4) is 0 Å². The summed E-state index contributed by atoms with van der Waals surface area (Å²) in [6.45, 7) is 7.42. The van der Waals surface area contributed by atoms with Crippen LogP contribution >= 0.6 is 0 Å². The number of anilines is 1. The topological polar surface area (TPSA) is 85.6 Å². The van der Waals surface area contributed by atoms with Crippen molar-refractivity contribution >= 4 is 17.5 Å². The standard InChI is InChI=1S/C18H27N3O4/c1-18(2,3)25-17(22)9-6-14-5-4-11-20(12-10-14)15-7-8-16(19-13-15)21(23)24/h7-8,13-14H,4-6,9-12H2,1-3H3. The quantitative estimate of drug-likeness (QED) is 0.457. The molecule has 0 amide bonds. The highest BCUT2D eigenvalue weighted by molar-refractivity contribution is 5.69. The van der Waals surface area contributed by atoms with Gasteiger partial charge in [0.05, 0.1) is 5.69 Å². The molecule has 138 valence electrons. The van der Waals surface area contributed by atoms with Crippen LogP contribution in [0.4, 0.5) is 11.5 Å². The monoisotopic (exact) mass is 349 g/mol. The predicted octanol–water partition coefficient (Wildman–Crippen LogP) is 3.72. The molecule has 1 aromatic heterocycles. The number of pyridine rings is 1. The highest BCUT2D eigenvalue weighted by atomic mass is 16.6. The van der Waals surface area contributed by atoms with Crippen LogP contribution in [0.1, 0.15) is 52.9 Å². The second kappa shape index (κ2) is 8.27. The lowest BCUT2D eigenvalue weighted by Crippen LogP contribution is -2.25. The molecule has 1 unspecified atom stereocenters. The largest absolute Gasteiger partial charge is 0.460 e. The Morgan fingerprint density at radius 3 is 2.72 bits per heavy atom. The minimum absolute atomic E-state index is 0.131. The molecule has 0 radical (unpaired) electrons. The number of nitro groups is 1. The van der Waals surface area contributed by atoms with Crippen molar-refractivity contribution in [2.75, 3.05) is 18.0 Å². The first-order valence-electron chi connectivity index (χ1n) is 8.82. The second-order valence-corrected chi connectivity index (χ2v) is 7.54. The summed E-state index contributed by atoms with van der Waals surface area (Å²) in [5.41, 5.74) is 0.485. The van der Waals surface area contributed by atoms with Gasteiger partial charge >= 0.3 is 11.8 Å². The molecule has 7 nitrogen and oxygen atoms in total. The number of carbonyl (C=O) groups excluding carboxylic acids is 1. The third-order valence-electron chi connectivity index (χ3n) is 4.31. The van der Waals surface area contributed by atoms with Gasteiger partial charge in [0, 0.05) is 25.6 Å². The summed E-state index contributed by atoms with van der Waals surface area (Å²) in [5, 5.41) is 10.7. The average Bonchev–Trinajstić information content (AvgIpc) is 2.77. The van der Waals surface area contributed by atoms with E-state index in [1.165, 1.54) is 6.07 Å². The molecule has 1 saturated heterocycles. The van der Waals surface area contributed by atoms with Gasteiger partial charge in [-0.15, -0.1) is 0 Å². The van der Waals surface area contributed by atoms with Gasteiger partial charge in [-0.1, -0.05) is 0 Å². The molecule has 0 N–H and O–H groups in total. The maximum Gasteiger partial charge on any atom is 0.363 e. The molecule has 1 aromatic rings. The molecule has 1 aliphatic rings. The van der Waals surface area contributed by atoms with E-state index in [4.69, 9.17) is 4.74 Å². The molecule has 25 heavy (non-hydrogen) atoms. The molecule has 0 saturated carbocycles. The van der Waals surface area contributed by atoms with Crippen molar-refractivity contribution in [3.63, 3.8) is 0 Å². The molecular formula is C18H27N3O4. The number of aromatic nitrogens is 1. The van der Waals surface area contributed by atoms with E-state index < -0.39 is 10.5 Å². The number of ether oxygens (including phenoxy) is 1. The zero-order valence-corrected chi connectivity index (χ0v) is 15.2. The van der Waals surface area contributed by atoms with E-state index >= 15 is 0 Å². The lowest BCUT2D eigenvalue weighted by molar-refractivity contribution is -0.389. The van der Waals surface area contributed by atoms with E-state index in [2.05, 4.69) is 9.88 Å². The minimum atomic E-state index is -0.487. The summed E-state index contributed by atoms with van der Waals surface area (Å²) in [4.78, 5) is 28.2. The maximum absolute atomic E-state index is 11.9. The molecule has 0 aliphatic carbocycles. The molecule has 1 atom stereocenters. The molecule has 1 aliphatic heterocycles.